The minimum atomic E-state index is 0.374. The van der Waals surface area contributed by atoms with E-state index in [1.165, 1.54) is 9.75 Å². The number of nitrogens with zero attached hydrogens (tertiary/aromatic N) is 1. The first-order chi connectivity index (χ1) is 8.15. The number of hydrogen-bond acceptors (Lipinski definition) is 3. The van der Waals surface area contributed by atoms with E-state index >= 15 is 0 Å². The van der Waals surface area contributed by atoms with Crippen molar-refractivity contribution in [3.05, 3.63) is 50.4 Å². The molecule has 0 bridgehead atoms. The fraction of sp³-hybridized carbons (Fsp3) is 0.308. The van der Waals surface area contributed by atoms with Crippen molar-refractivity contribution >= 4 is 27.3 Å². The minimum absolute atomic E-state index is 0.374. The Balaban J connectivity index is 1.92. The average Bonchev–Trinajstić information content (AvgIpc) is 2.75. The second-order valence-corrected chi connectivity index (χ2v) is 6.25. The molecule has 1 atom stereocenters. The van der Waals surface area contributed by atoms with Gasteiger partial charge in [0.1, 0.15) is 0 Å². The van der Waals surface area contributed by atoms with Crippen molar-refractivity contribution in [1.82, 2.24) is 10.3 Å². The average molecular weight is 311 g/mol. The Morgan fingerprint density at radius 2 is 2.18 bits per heavy atom. The van der Waals surface area contributed by atoms with Gasteiger partial charge >= 0.3 is 0 Å². The molecule has 0 radical (unpaired) electrons. The molecular weight excluding hydrogens is 296 g/mol. The molecule has 90 valence electrons. The van der Waals surface area contributed by atoms with Gasteiger partial charge in [-0.3, -0.25) is 4.98 Å². The molecule has 1 N–H and O–H groups in total. The van der Waals surface area contributed by atoms with Crippen molar-refractivity contribution in [3.63, 3.8) is 0 Å². The highest BCUT2D eigenvalue weighted by molar-refractivity contribution is 9.10. The molecule has 2 rings (SSSR count). The van der Waals surface area contributed by atoms with Crippen LogP contribution in [0.4, 0.5) is 0 Å². The highest BCUT2D eigenvalue weighted by atomic mass is 79.9. The van der Waals surface area contributed by atoms with E-state index in [1.807, 2.05) is 29.7 Å². The maximum atomic E-state index is 4.34. The Bertz CT molecular complexity index is 478. The summed E-state index contributed by atoms with van der Waals surface area (Å²) in [5.74, 6) is 0. The van der Waals surface area contributed by atoms with E-state index in [2.05, 4.69) is 52.2 Å². The zero-order valence-corrected chi connectivity index (χ0v) is 12.3. The summed E-state index contributed by atoms with van der Waals surface area (Å²) in [6.07, 6.45) is 1.83. The van der Waals surface area contributed by atoms with E-state index in [-0.39, 0.29) is 0 Å². The zero-order valence-electron chi connectivity index (χ0n) is 9.90. The van der Waals surface area contributed by atoms with Crippen LogP contribution in [0, 0.1) is 6.92 Å². The lowest BCUT2D eigenvalue weighted by atomic mass is 10.2. The second kappa shape index (κ2) is 5.76. The van der Waals surface area contributed by atoms with Crippen LogP contribution >= 0.6 is 27.3 Å². The summed E-state index contributed by atoms with van der Waals surface area (Å²) in [5, 5.41) is 3.48. The predicted molar refractivity (Wildman–Crippen MR) is 76.2 cm³/mol. The summed E-state index contributed by atoms with van der Waals surface area (Å²) in [6.45, 7) is 5.12. The lowest BCUT2D eigenvalue weighted by molar-refractivity contribution is 0.575. The zero-order chi connectivity index (χ0) is 12.3. The first kappa shape index (κ1) is 12.7. The van der Waals surface area contributed by atoms with E-state index in [0.29, 0.717) is 6.04 Å². The van der Waals surface area contributed by atoms with Gasteiger partial charge in [-0.2, -0.15) is 0 Å². The molecular formula is C13H15BrN2S. The molecule has 0 aliphatic heterocycles. The quantitative estimate of drug-likeness (QED) is 0.921. The molecule has 2 heterocycles. The standard InChI is InChI=1S/C13H15BrN2S/c1-9-3-6-13(17-9)10(2)15-8-12-5-4-11(14)7-16-12/h3-7,10,15H,8H2,1-2H3. The second-order valence-electron chi connectivity index (χ2n) is 4.02. The maximum absolute atomic E-state index is 4.34. The normalized spacial score (nSPS) is 12.6. The van der Waals surface area contributed by atoms with E-state index < -0.39 is 0 Å². The Kier molecular flexibility index (Phi) is 4.31. The number of rotatable bonds is 4. The summed E-state index contributed by atoms with van der Waals surface area (Å²) in [5.41, 5.74) is 1.06. The lowest BCUT2D eigenvalue weighted by Gasteiger charge is -2.11. The summed E-state index contributed by atoms with van der Waals surface area (Å²) in [6, 6.07) is 8.77. The van der Waals surface area contributed by atoms with E-state index in [9.17, 15) is 0 Å². The van der Waals surface area contributed by atoms with Gasteiger partial charge in [0, 0.05) is 33.0 Å². The Hall–Kier alpha value is -0.710. The van der Waals surface area contributed by atoms with Crippen LogP contribution in [-0.4, -0.2) is 4.98 Å². The Labute approximate surface area is 114 Å². The molecule has 2 aromatic heterocycles. The fourth-order valence-electron chi connectivity index (χ4n) is 1.56. The number of pyridine rings is 1. The third-order valence-corrected chi connectivity index (χ3v) is 4.22. The fourth-order valence-corrected chi connectivity index (χ4v) is 2.69. The summed E-state index contributed by atoms with van der Waals surface area (Å²) in [4.78, 5) is 7.07. The third kappa shape index (κ3) is 3.63. The van der Waals surface area contributed by atoms with Crippen molar-refractivity contribution in [2.24, 2.45) is 0 Å². The highest BCUT2D eigenvalue weighted by Crippen LogP contribution is 2.22. The van der Waals surface area contributed by atoms with Gasteiger partial charge in [-0.1, -0.05) is 0 Å². The van der Waals surface area contributed by atoms with Crippen LogP contribution in [0.15, 0.2) is 34.9 Å². The summed E-state index contributed by atoms with van der Waals surface area (Å²) in [7, 11) is 0. The molecule has 0 aliphatic rings. The lowest BCUT2D eigenvalue weighted by Crippen LogP contribution is -2.17. The van der Waals surface area contributed by atoms with Gasteiger partial charge in [-0.05, 0) is 54.0 Å². The first-order valence-electron chi connectivity index (χ1n) is 5.55. The van der Waals surface area contributed by atoms with Gasteiger partial charge in [0.25, 0.3) is 0 Å². The summed E-state index contributed by atoms with van der Waals surface area (Å²) >= 11 is 5.23. The Morgan fingerprint density at radius 1 is 1.35 bits per heavy atom. The molecule has 0 fully saturated rings. The molecule has 0 spiro atoms. The van der Waals surface area contributed by atoms with Crippen LogP contribution in [0.3, 0.4) is 0 Å². The van der Waals surface area contributed by atoms with Gasteiger partial charge in [-0.15, -0.1) is 11.3 Å². The van der Waals surface area contributed by atoms with Crippen molar-refractivity contribution in [1.29, 1.82) is 0 Å². The van der Waals surface area contributed by atoms with Gasteiger partial charge in [-0.25, -0.2) is 0 Å². The van der Waals surface area contributed by atoms with Crippen LogP contribution in [0.1, 0.15) is 28.4 Å². The van der Waals surface area contributed by atoms with Gasteiger partial charge in [0.05, 0.1) is 5.69 Å². The number of aromatic nitrogens is 1. The SMILES string of the molecule is Cc1ccc(C(C)NCc2ccc(Br)cn2)s1. The first-order valence-corrected chi connectivity index (χ1v) is 7.16. The van der Waals surface area contributed by atoms with Crippen molar-refractivity contribution in [2.75, 3.05) is 0 Å². The highest BCUT2D eigenvalue weighted by Gasteiger charge is 2.07. The minimum Gasteiger partial charge on any atom is -0.304 e. The van der Waals surface area contributed by atoms with Crippen molar-refractivity contribution in [3.8, 4) is 0 Å². The van der Waals surface area contributed by atoms with Crippen LogP contribution in [-0.2, 0) is 6.54 Å². The molecule has 2 nitrogen and oxygen atoms in total. The van der Waals surface area contributed by atoms with Gasteiger partial charge < -0.3 is 5.32 Å². The third-order valence-electron chi connectivity index (χ3n) is 2.57. The summed E-state index contributed by atoms with van der Waals surface area (Å²) < 4.78 is 1.02. The molecule has 0 saturated heterocycles. The molecule has 0 aromatic carbocycles. The largest absolute Gasteiger partial charge is 0.304 e. The van der Waals surface area contributed by atoms with Crippen LogP contribution < -0.4 is 5.32 Å². The molecule has 0 amide bonds. The monoisotopic (exact) mass is 310 g/mol. The molecule has 0 saturated carbocycles. The number of halogens is 1. The topological polar surface area (TPSA) is 24.9 Å². The molecule has 0 aliphatic carbocycles. The number of nitrogens with one attached hydrogen (secondary N) is 1. The molecule has 4 heteroatoms. The van der Waals surface area contributed by atoms with Crippen LogP contribution in [0.5, 0.6) is 0 Å². The number of aryl methyl sites for hydroxylation is 1. The van der Waals surface area contributed by atoms with E-state index in [4.69, 9.17) is 0 Å². The van der Waals surface area contributed by atoms with Gasteiger partial charge in [0.15, 0.2) is 0 Å². The van der Waals surface area contributed by atoms with Crippen LogP contribution in [0.2, 0.25) is 0 Å². The molecule has 1 unspecified atom stereocenters. The smallest absolute Gasteiger partial charge is 0.0542 e. The van der Waals surface area contributed by atoms with E-state index in [1.54, 1.807) is 0 Å². The van der Waals surface area contributed by atoms with Gasteiger partial charge in [0.2, 0.25) is 0 Å². The molecule has 2 aromatic rings. The molecule has 17 heavy (non-hydrogen) atoms. The maximum Gasteiger partial charge on any atom is 0.0542 e. The van der Waals surface area contributed by atoms with Crippen LogP contribution in [0.25, 0.3) is 0 Å². The Morgan fingerprint density at radius 3 is 2.76 bits per heavy atom. The van der Waals surface area contributed by atoms with Crippen molar-refractivity contribution in [2.45, 2.75) is 26.4 Å². The van der Waals surface area contributed by atoms with Crippen molar-refractivity contribution < 1.29 is 0 Å². The number of hydrogen-bond donors (Lipinski definition) is 1. The number of thiophene rings is 1. The van der Waals surface area contributed by atoms with E-state index in [0.717, 1.165) is 16.7 Å². The predicted octanol–water partition coefficient (Wildman–Crippen LogP) is 4.06.